The van der Waals surface area contributed by atoms with E-state index >= 15 is 0 Å². The Morgan fingerprint density at radius 1 is 1.21 bits per heavy atom. The number of aromatic nitrogens is 2. The first-order chi connectivity index (χ1) is 16.3. The minimum absolute atomic E-state index is 0.0364. The molecule has 0 saturated heterocycles. The van der Waals surface area contributed by atoms with Gasteiger partial charge in [-0.1, -0.05) is 27.7 Å². The zero-order valence-electron chi connectivity index (χ0n) is 20.8. The van der Waals surface area contributed by atoms with Gasteiger partial charge in [-0.25, -0.2) is 4.98 Å². The van der Waals surface area contributed by atoms with E-state index in [0.29, 0.717) is 43.7 Å². The third kappa shape index (κ3) is 6.72. The predicted molar refractivity (Wildman–Crippen MR) is 131 cm³/mol. The summed E-state index contributed by atoms with van der Waals surface area (Å²) >= 11 is 0. The molecule has 2 amide bonds. The van der Waals surface area contributed by atoms with Crippen LogP contribution >= 0.6 is 0 Å². The SMILES string of the molecule is COc1ccc2cc1OCCN(CC(C)C)CC(=O)N[C@H](C(C)C)C(=O)NCCn1ccnc1-2. The van der Waals surface area contributed by atoms with Crippen LogP contribution in [0, 0.1) is 11.8 Å². The quantitative estimate of drug-likeness (QED) is 0.709. The van der Waals surface area contributed by atoms with Gasteiger partial charge in [-0.05, 0) is 30.0 Å². The number of hydrogen-bond acceptors (Lipinski definition) is 6. The molecule has 1 aliphatic rings. The van der Waals surface area contributed by atoms with Crippen molar-refractivity contribution < 1.29 is 19.1 Å². The summed E-state index contributed by atoms with van der Waals surface area (Å²) in [5, 5.41) is 5.90. The van der Waals surface area contributed by atoms with Crippen LogP contribution in [-0.2, 0) is 16.1 Å². The molecule has 34 heavy (non-hydrogen) atoms. The number of nitrogens with one attached hydrogen (secondary N) is 2. The fourth-order valence-electron chi connectivity index (χ4n) is 4.08. The topological polar surface area (TPSA) is 97.7 Å². The lowest BCUT2D eigenvalue weighted by Gasteiger charge is -2.26. The fourth-order valence-corrected chi connectivity index (χ4v) is 4.08. The van der Waals surface area contributed by atoms with Crippen LogP contribution in [0.25, 0.3) is 11.4 Å². The molecule has 1 aromatic carbocycles. The van der Waals surface area contributed by atoms with Crippen molar-refractivity contribution in [2.24, 2.45) is 11.8 Å². The highest BCUT2D eigenvalue weighted by molar-refractivity contribution is 5.88. The van der Waals surface area contributed by atoms with Crippen molar-refractivity contribution in [2.45, 2.75) is 40.3 Å². The van der Waals surface area contributed by atoms with Crippen LogP contribution in [0.4, 0.5) is 0 Å². The summed E-state index contributed by atoms with van der Waals surface area (Å²) in [6, 6.07) is 5.14. The van der Waals surface area contributed by atoms with E-state index in [1.54, 1.807) is 13.3 Å². The summed E-state index contributed by atoms with van der Waals surface area (Å²) in [5.74, 6) is 2.03. The van der Waals surface area contributed by atoms with Gasteiger partial charge in [0, 0.05) is 44.1 Å². The summed E-state index contributed by atoms with van der Waals surface area (Å²) < 4.78 is 13.6. The van der Waals surface area contributed by atoms with E-state index in [4.69, 9.17) is 9.47 Å². The standard InChI is InChI=1S/C25H37N5O4/c1-17(2)15-29-12-13-34-21-14-19(6-7-20(21)33-5)24-26-8-10-30(24)11-9-27-25(32)23(18(3)4)28-22(31)16-29/h6-8,10,14,17-18,23H,9,11-13,15-16H2,1-5H3,(H,27,32)(H,28,31)/t23-/m1/s1. The molecule has 1 aliphatic heterocycles. The Morgan fingerprint density at radius 3 is 2.71 bits per heavy atom. The molecule has 2 N–H and O–H groups in total. The van der Waals surface area contributed by atoms with E-state index in [-0.39, 0.29) is 24.3 Å². The number of imidazole rings is 1. The first-order valence-corrected chi connectivity index (χ1v) is 11.9. The molecular formula is C25H37N5O4. The van der Waals surface area contributed by atoms with Crippen LogP contribution < -0.4 is 20.1 Å². The number of rotatable bonds is 4. The first-order valence-electron chi connectivity index (χ1n) is 11.9. The molecule has 9 heteroatoms. The first kappa shape index (κ1) is 25.6. The van der Waals surface area contributed by atoms with Gasteiger partial charge >= 0.3 is 0 Å². The summed E-state index contributed by atoms with van der Waals surface area (Å²) in [7, 11) is 1.61. The molecule has 1 atom stereocenters. The van der Waals surface area contributed by atoms with Gasteiger partial charge < -0.3 is 24.7 Å². The minimum atomic E-state index is -0.595. The molecule has 0 saturated carbocycles. The third-order valence-electron chi connectivity index (χ3n) is 5.71. The molecule has 0 spiro atoms. The van der Waals surface area contributed by atoms with Crippen LogP contribution in [0.3, 0.4) is 0 Å². The summed E-state index contributed by atoms with van der Waals surface area (Å²) in [6.07, 6.45) is 3.62. The number of fused-ring (bicyclic) bond motifs is 4. The van der Waals surface area contributed by atoms with Gasteiger partial charge in [0.05, 0.1) is 13.7 Å². The van der Waals surface area contributed by atoms with Crippen molar-refractivity contribution in [3.05, 3.63) is 30.6 Å². The van der Waals surface area contributed by atoms with Crippen LogP contribution in [0.2, 0.25) is 0 Å². The normalized spacial score (nSPS) is 18.6. The Balaban J connectivity index is 1.90. The van der Waals surface area contributed by atoms with E-state index in [9.17, 15) is 9.59 Å². The van der Waals surface area contributed by atoms with Crippen LogP contribution in [0.15, 0.2) is 30.6 Å². The Bertz CT molecular complexity index is 972. The maximum atomic E-state index is 12.9. The van der Waals surface area contributed by atoms with Crippen molar-refractivity contribution >= 4 is 11.8 Å². The Kier molecular flexibility index (Phi) is 8.92. The summed E-state index contributed by atoms with van der Waals surface area (Å²) in [6.45, 7) is 10.9. The summed E-state index contributed by atoms with van der Waals surface area (Å²) in [4.78, 5) is 32.3. The molecule has 1 aromatic heterocycles. The van der Waals surface area contributed by atoms with Crippen LogP contribution in [0.1, 0.15) is 27.7 Å². The zero-order chi connectivity index (χ0) is 24.7. The number of hydrogen-bond donors (Lipinski definition) is 2. The third-order valence-corrected chi connectivity index (χ3v) is 5.71. The lowest BCUT2D eigenvalue weighted by molar-refractivity contribution is -0.130. The molecule has 0 radical (unpaired) electrons. The van der Waals surface area contributed by atoms with E-state index in [1.165, 1.54) is 0 Å². The van der Waals surface area contributed by atoms with Gasteiger partial charge in [-0.2, -0.15) is 0 Å². The number of methoxy groups -OCH3 is 1. The predicted octanol–water partition coefficient (Wildman–Crippen LogP) is 2.17. The van der Waals surface area contributed by atoms with E-state index < -0.39 is 6.04 Å². The van der Waals surface area contributed by atoms with Gasteiger partial charge in [-0.3, -0.25) is 14.5 Å². The molecule has 2 aromatic rings. The Morgan fingerprint density at radius 2 is 2.00 bits per heavy atom. The number of ether oxygens (including phenoxy) is 2. The highest BCUT2D eigenvalue weighted by Crippen LogP contribution is 2.32. The van der Waals surface area contributed by atoms with Crippen LogP contribution in [0.5, 0.6) is 11.5 Å². The minimum Gasteiger partial charge on any atom is -0.493 e. The van der Waals surface area contributed by atoms with Gasteiger partial charge in [0.25, 0.3) is 0 Å². The molecule has 9 nitrogen and oxygen atoms in total. The van der Waals surface area contributed by atoms with Crippen molar-refractivity contribution in [1.29, 1.82) is 0 Å². The molecule has 2 heterocycles. The van der Waals surface area contributed by atoms with Gasteiger partial charge in [0.1, 0.15) is 18.5 Å². The van der Waals surface area contributed by atoms with Crippen molar-refractivity contribution in [3.63, 3.8) is 0 Å². The second-order valence-corrected chi connectivity index (χ2v) is 9.37. The lowest BCUT2D eigenvalue weighted by atomic mass is 10.0. The smallest absolute Gasteiger partial charge is 0.242 e. The van der Waals surface area contributed by atoms with E-state index in [1.807, 2.05) is 42.8 Å². The molecule has 0 fully saturated rings. The van der Waals surface area contributed by atoms with Crippen molar-refractivity contribution in [2.75, 3.05) is 39.9 Å². The molecule has 3 rings (SSSR count). The maximum Gasteiger partial charge on any atom is 0.242 e. The average Bonchev–Trinajstić information content (AvgIpc) is 3.24. The molecule has 0 aliphatic carbocycles. The number of carbonyl (C=O) groups is 2. The van der Waals surface area contributed by atoms with Crippen LogP contribution in [-0.4, -0.2) is 72.2 Å². The molecule has 186 valence electrons. The highest BCUT2D eigenvalue weighted by Gasteiger charge is 2.25. The molecule has 0 unspecified atom stereocenters. The Labute approximate surface area is 201 Å². The van der Waals surface area contributed by atoms with Crippen molar-refractivity contribution in [1.82, 2.24) is 25.1 Å². The van der Waals surface area contributed by atoms with Gasteiger partial charge in [-0.15, -0.1) is 0 Å². The van der Waals surface area contributed by atoms with E-state index in [2.05, 4.69) is 34.4 Å². The molecular weight excluding hydrogens is 434 g/mol. The monoisotopic (exact) mass is 471 g/mol. The number of nitrogens with zero attached hydrogens (tertiary/aromatic N) is 3. The fraction of sp³-hybridized carbons (Fsp3) is 0.560. The second kappa shape index (κ2) is 11.9. The molecule has 2 bridgehead atoms. The second-order valence-electron chi connectivity index (χ2n) is 9.37. The largest absolute Gasteiger partial charge is 0.493 e. The average molecular weight is 472 g/mol. The van der Waals surface area contributed by atoms with Gasteiger partial charge in [0.15, 0.2) is 11.5 Å². The highest BCUT2D eigenvalue weighted by atomic mass is 16.5. The van der Waals surface area contributed by atoms with Crippen molar-refractivity contribution in [3.8, 4) is 22.9 Å². The Hall–Kier alpha value is -3.07. The lowest BCUT2D eigenvalue weighted by Crippen LogP contribution is -2.52. The number of amides is 2. The van der Waals surface area contributed by atoms with E-state index in [0.717, 1.165) is 17.9 Å². The summed E-state index contributed by atoms with van der Waals surface area (Å²) in [5.41, 5.74) is 0.896. The zero-order valence-corrected chi connectivity index (χ0v) is 20.8. The number of carbonyl (C=O) groups excluding carboxylic acids is 2. The number of benzene rings is 1. The van der Waals surface area contributed by atoms with Gasteiger partial charge in [0.2, 0.25) is 11.8 Å². The maximum absolute atomic E-state index is 12.9.